The van der Waals surface area contributed by atoms with E-state index in [2.05, 4.69) is 5.32 Å². The van der Waals surface area contributed by atoms with E-state index in [4.69, 9.17) is 9.15 Å². The van der Waals surface area contributed by atoms with Crippen molar-refractivity contribution in [1.82, 2.24) is 5.32 Å². The van der Waals surface area contributed by atoms with Crippen molar-refractivity contribution >= 4 is 25.8 Å². The van der Waals surface area contributed by atoms with Crippen molar-refractivity contribution in [1.29, 1.82) is 0 Å². The number of rotatable bonds is 7. The minimum atomic E-state index is -5.34. The van der Waals surface area contributed by atoms with E-state index in [1.807, 2.05) is 0 Å². The number of amides is 1. The second kappa shape index (κ2) is 9.22. The fourth-order valence-corrected chi connectivity index (χ4v) is 7.43. The average Bonchev–Trinajstić information content (AvgIpc) is 3.31. The molecular weight excluding hydrogens is 485 g/mol. The van der Waals surface area contributed by atoms with Crippen LogP contribution in [0.2, 0.25) is 0 Å². The molecule has 0 aliphatic heterocycles. The van der Waals surface area contributed by atoms with Gasteiger partial charge in [-0.05, 0) is 57.2 Å². The van der Waals surface area contributed by atoms with Gasteiger partial charge in [-0.15, -0.1) is 0 Å². The van der Waals surface area contributed by atoms with Gasteiger partial charge in [-0.1, -0.05) is 36.4 Å². The van der Waals surface area contributed by atoms with E-state index >= 15 is 4.39 Å². The SMILES string of the molecule is CC(C)(C)NC(=O)OC(c1ccco1)C(F)(S(=O)(=O)c1ccccc1)S(=O)(=O)c1ccccc1. The van der Waals surface area contributed by atoms with Crippen molar-refractivity contribution in [2.75, 3.05) is 0 Å². The van der Waals surface area contributed by atoms with E-state index in [0.29, 0.717) is 0 Å². The number of benzene rings is 2. The molecule has 34 heavy (non-hydrogen) atoms. The van der Waals surface area contributed by atoms with Gasteiger partial charge < -0.3 is 14.5 Å². The van der Waals surface area contributed by atoms with Crippen molar-refractivity contribution in [2.24, 2.45) is 0 Å². The Bertz CT molecular complexity index is 1260. The summed E-state index contributed by atoms with van der Waals surface area (Å²) in [5.41, 5.74) is -0.847. The number of sulfone groups is 2. The first-order valence-electron chi connectivity index (χ1n) is 10.1. The Hall–Kier alpha value is -3.18. The summed E-state index contributed by atoms with van der Waals surface area (Å²) >= 11 is 0. The number of ether oxygens (including phenoxy) is 1. The summed E-state index contributed by atoms with van der Waals surface area (Å²) in [6.07, 6.45) is -2.65. The summed E-state index contributed by atoms with van der Waals surface area (Å²) in [6.45, 7) is 4.83. The molecule has 182 valence electrons. The summed E-state index contributed by atoms with van der Waals surface area (Å²) in [5, 5.41) is 2.41. The first-order chi connectivity index (χ1) is 15.8. The third-order valence-electron chi connectivity index (χ3n) is 4.66. The Kier molecular flexibility index (Phi) is 6.90. The van der Waals surface area contributed by atoms with Crippen molar-refractivity contribution in [3.8, 4) is 0 Å². The molecule has 1 aromatic heterocycles. The number of carbonyl (C=O) groups is 1. The minimum Gasteiger partial charge on any atom is -0.465 e. The van der Waals surface area contributed by atoms with Gasteiger partial charge in [-0.2, -0.15) is 0 Å². The third-order valence-corrected chi connectivity index (χ3v) is 9.65. The summed E-state index contributed by atoms with van der Waals surface area (Å²) in [6, 6.07) is 14.9. The van der Waals surface area contributed by atoms with Crippen LogP contribution in [-0.4, -0.2) is 32.8 Å². The summed E-state index contributed by atoms with van der Waals surface area (Å²) in [7, 11) is -10.7. The molecule has 1 heterocycles. The molecule has 3 aromatic rings. The van der Waals surface area contributed by atoms with Gasteiger partial charge in [-0.3, -0.25) is 0 Å². The maximum atomic E-state index is 17.2. The predicted molar refractivity (Wildman–Crippen MR) is 122 cm³/mol. The number of alkyl halides is 1. The van der Waals surface area contributed by atoms with Crippen LogP contribution in [0.1, 0.15) is 32.6 Å². The number of hydrogen-bond acceptors (Lipinski definition) is 7. The Labute approximate surface area is 197 Å². The minimum absolute atomic E-state index is 0.509. The van der Waals surface area contributed by atoms with Gasteiger partial charge in [0.2, 0.25) is 25.8 Å². The lowest BCUT2D eigenvalue weighted by Gasteiger charge is -2.32. The summed E-state index contributed by atoms with van der Waals surface area (Å²) in [4.78, 5) is 11.4. The molecule has 0 saturated heterocycles. The number of furan rings is 1. The van der Waals surface area contributed by atoms with Gasteiger partial charge in [-0.25, -0.2) is 26.0 Å². The Balaban J connectivity index is 2.31. The standard InChI is InChI=1S/C23H24FNO7S2/c1-22(2,3)25-21(26)32-20(19-15-10-16-31-19)23(24,33(27,28)17-11-6-4-7-12-17)34(29,30)18-13-8-5-9-14-18/h4-16,20H,1-3H3,(H,25,26). The number of halogens is 1. The Morgan fingerprint density at radius 1 is 0.853 bits per heavy atom. The van der Waals surface area contributed by atoms with E-state index in [1.165, 1.54) is 42.5 Å². The molecule has 0 saturated carbocycles. The molecule has 0 aliphatic carbocycles. The molecule has 8 nitrogen and oxygen atoms in total. The van der Waals surface area contributed by atoms with Gasteiger partial charge in [0, 0.05) is 5.54 Å². The van der Waals surface area contributed by atoms with E-state index in [0.717, 1.165) is 36.6 Å². The normalized spacial score (nSPS) is 13.8. The molecule has 0 bridgehead atoms. The van der Waals surface area contributed by atoms with E-state index in [-0.39, 0.29) is 0 Å². The third kappa shape index (κ3) is 4.71. The molecule has 0 aliphatic rings. The first-order valence-corrected chi connectivity index (χ1v) is 13.1. The maximum Gasteiger partial charge on any atom is 0.408 e. The fraction of sp³-hybridized carbons (Fsp3) is 0.261. The zero-order valence-corrected chi connectivity index (χ0v) is 20.3. The van der Waals surface area contributed by atoms with Crippen LogP contribution in [0.15, 0.2) is 93.3 Å². The second-order valence-electron chi connectivity index (χ2n) is 8.39. The second-order valence-corrected chi connectivity index (χ2v) is 12.8. The van der Waals surface area contributed by atoms with Gasteiger partial charge in [0.05, 0.1) is 16.1 Å². The van der Waals surface area contributed by atoms with E-state index in [9.17, 15) is 21.6 Å². The maximum absolute atomic E-state index is 17.2. The van der Waals surface area contributed by atoms with Crippen molar-refractivity contribution in [3.63, 3.8) is 0 Å². The van der Waals surface area contributed by atoms with Crippen LogP contribution in [0, 0.1) is 0 Å². The first kappa shape index (κ1) is 25.4. The monoisotopic (exact) mass is 509 g/mol. The van der Waals surface area contributed by atoms with Crippen LogP contribution < -0.4 is 5.32 Å². The predicted octanol–water partition coefficient (Wildman–Crippen LogP) is 4.42. The average molecular weight is 510 g/mol. The molecular formula is C23H24FNO7S2. The highest BCUT2D eigenvalue weighted by atomic mass is 32.3. The van der Waals surface area contributed by atoms with Gasteiger partial charge in [0.1, 0.15) is 5.76 Å². The van der Waals surface area contributed by atoms with Crippen LogP contribution in [0.5, 0.6) is 0 Å². The van der Waals surface area contributed by atoms with E-state index < -0.39 is 57.3 Å². The molecule has 1 amide bonds. The Morgan fingerprint density at radius 3 is 1.71 bits per heavy atom. The van der Waals surface area contributed by atoms with Crippen LogP contribution in [0.4, 0.5) is 9.18 Å². The van der Waals surface area contributed by atoms with Crippen molar-refractivity contribution in [3.05, 3.63) is 84.8 Å². The number of hydrogen-bond donors (Lipinski definition) is 1. The fourth-order valence-electron chi connectivity index (χ4n) is 3.13. The molecule has 0 fully saturated rings. The highest BCUT2D eigenvalue weighted by molar-refractivity contribution is 8.10. The highest BCUT2D eigenvalue weighted by Crippen LogP contribution is 2.47. The molecule has 11 heteroatoms. The lowest BCUT2D eigenvalue weighted by Crippen LogP contribution is -2.50. The molecule has 3 rings (SSSR count). The molecule has 1 unspecified atom stereocenters. The van der Waals surface area contributed by atoms with Gasteiger partial charge in [0.15, 0.2) is 0 Å². The van der Waals surface area contributed by atoms with Crippen LogP contribution >= 0.6 is 0 Å². The largest absolute Gasteiger partial charge is 0.465 e. The smallest absolute Gasteiger partial charge is 0.408 e. The lowest BCUT2D eigenvalue weighted by atomic mass is 10.1. The molecule has 0 radical (unpaired) electrons. The van der Waals surface area contributed by atoms with Crippen LogP contribution in [0.25, 0.3) is 0 Å². The zero-order valence-electron chi connectivity index (χ0n) is 18.6. The number of nitrogens with one attached hydrogen (secondary N) is 1. The Morgan fingerprint density at radius 2 is 1.32 bits per heavy atom. The van der Waals surface area contributed by atoms with Crippen LogP contribution in [-0.2, 0) is 24.4 Å². The van der Waals surface area contributed by atoms with E-state index in [1.54, 1.807) is 20.8 Å². The molecule has 2 aromatic carbocycles. The quantitative estimate of drug-likeness (QED) is 0.501. The van der Waals surface area contributed by atoms with Crippen molar-refractivity contribution < 1.29 is 35.2 Å². The highest BCUT2D eigenvalue weighted by Gasteiger charge is 2.66. The summed E-state index contributed by atoms with van der Waals surface area (Å²) in [5.74, 6) is -0.509. The number of carbonyl (C=O) groups excluding carboxylic acids is 1. The zero-order chi connectivity index (χ0) is 25.2. The van der Waals surface area contributed by atoms with Gasteiger partial charge in [0.25, 0.3) is 0 Å². The lowest BCUT2D eigenvalue weighted by molar-refractivity contribution is 0.0374. The molecule has 0 spiro atoms. The van der Waals surface area contributed by atoms with Crippen LogP contribution in [0.3, 0.4) is 0 Å². The number of alkyl carbamates (subject to hydrolysis) is 1. The topological polar surface area (TPSA) is 120 Å². The molecule has 1 N–H and O–H groups in total. The van der Waals surface area contributed by atoms with Crippen molar-refractivity contribution in [2.45, 2.75) is 46.5 Å². The molecule has 1 atom stereocenters. The van der Waals surface area contributed by atoms with Gasteiger partial charge >= 0.3 is 10.4 Å². The summed E-state index contributed by atoms with van der Waals surface area (Å²) < 4.78 is 78.0.